The number of rotatable bonds is 3. The monoisotopic (exact) mass is 299 g/mol. The molecule has 0 aliphatic carbocycles. The maximum Gasteiger partial charge on any atom is 0.255 e. The molecule has 0 unspecified atom stereocenters. The highest BCUT2D eigenvalue weighted by Gasteiger charge is 2.21. The van der Waals surface area contributed by atoms with Crippen molar-refractivity contribution in [2.75, 3.05) is 10.7 Å². The molecule has 0 atom stereocenters. The summed E-state index contributed by atoms with van der Waals surface area (Å²) in [6.07, 6.45) is 0. The summed E-state index contributed by atoms with van der Waals surface area (Å²) >= 11 is 0. The zero-order valence-electron chi connectivity index (χ0n) is 10.4. The zero-order valence-corrected chi connectivity index (χ0v) is 10.4. The average Bonchev–Trinajstić information content (AvgIpc) is 2.49. The second-order valence-electron chi connectivity index (χ2n) is 4.02. The van der Waals surface area contributed by atoms with Crippen LogP contribution < -0.4 is 16.6 Å². The van der Waals surface area contributed by atoms with Crippen LogP contribution in [0.1, 0.15) is 10.4 Å². The van der Waals surface area contributed by atoms with Crippen LogP contribution in [0.2, 0.25) is 0 Å². The highest BCUT2D eigenvalue weighted by Crippen LogP contribution is 2.24. The molecule has 0 spiro atoms. The van der Waals surface area contributed by atoms with Crippen molar-refractivity contribution < 1.29 is 22.4 Å². The van der Waals surface area contributed by atoms with E-state index < -0.39 is 34.9 Å². The largest absolute Gasteiger partial charge is 0.324 e. The summed E-state index contributed by atoms with van der Waals surface area (Å²) < 4.78 is 52.9. The van der Waals surface area contributed by atoms with E-state index in [1.807, 2.05) is 0 Å². The number of amides is 1. The molecular formula is C13H9F4N3O. The van der Waals surface area contributed by atoms with Crippen LogP contribution in [0, 0.1) is 23.3 Å². The third kappa shape index (κ3) is 2.95. The van der Waals surface area contributed by atoms with Crippen LogP contribution >= 0.6 is 0 Å². The minimum Gasteiger partial charge on any atom is -0.324 e. The van der Waals surface area contributed by atoms with Crippen molar-refractivity contribution in [3.8, 4) is 0 Å². The first-order chi connectivity index (χ1) is 9.93. The number of benzene rings is 2. The van der Waals surface area contributed by atoms with Gasteiger partial charge in [0.1, 0.15) is 5.69 Å². The Morgan fingerprint density at radius 1 is 0.952 bits per heavy atom. The lowest BCUT2D eigenvalue weighted by atomic mass is 10.2. The van der Waals surface area contributed by atoms with E-state index in [4.69, 9.17) is 5.84 Å². The van der Waals surface area contributed by atoms with E-state index in [0.717, 1.165) is 0 Å². The third-order valence-corrected chi connectivity index (χ3v) is 2.66. The molecule has 0 fully saturated rings. The first-order valence-corrected chi connectivity index (χ1v) is 5.65. The number of hydrazine groups is 1. The predicted octanol–water partition coefficient (Wildman–Crippen LogP) is 2.78. The van der Waals surface area contributed by atoms with Crippen molar-refractivity contribution in [2.45, 2.75) is 0 Å². The van der Waals surface area contributed by atoms with Crippen molar-refractivity contribution >= 4 is 17.3 Å². The Balaban J connectivity index is 2.31. The highest BCUT2D eigenvalue weighted by molar-refractivity contribution is 6.04. The molecule has 1 amide bonds. The Morgan fingerprint density at radius 2 is 1.48 bits per heavy atom. The van der Waals surface area contributed by atoms with Gasteiger partial charge in [-0.15, -0.1) is 0 Å². The van der Waals surface area contributed by atoms with E-state index in [2.05, 4.69) is 5.43 Å². The van der Waals surface area contributed by atoms with Crippen molar-refractivity contribution in [3.63, 3.8) is 0 Å². The van der Waals surface area contributed by atoms with E-state index in [0.29, 0.717) is 5.69 Å². The van der Waals surface area contributed by atoms with Crippen LogP contribution in [0.5, 0.6) is 0 Å². The minimum atomic E-state index is -1.68. The van der Waals surface area contributed by atoms with Crippen LogP contribution in [0.15, 0.2) is 30.3 Å². The van der Waals surface area contributed by atoms with Gasteiger partial charge < -0.3 is 10.7 Å². The quantitative estimate of drug-likeness (QED) is 0.353. The zero-order chi connectivity index (χ0) is 15.6. The number of carbonyl (C=O) groups is 1. The number of anilines is 2. The molecule has 2 aromatic carbocycles. The van der Waals surface area contributed by atoms with Gasteiger partial charge in [-0.05, 0) is 24.3 Å². The van der Waals surface area contributed by atoms with Gasteiger partial charge in [0.25, 0.3) is 5.91 Å². The predicted molar refractivity (Wildman–Crippen MR) is 68.5 cm³/mol. The third-order valence-electron chi connectivity index (χ3n) is 2.66. The van der Waals surface area contributed by atoms with Crippen molar-refractivity contribution in [1.82, 2.24) is 0 Å². The van der Waals surface area contributed by atoms with Crippen LogP contribution in [0.3, 0.4) is 0 Å². The van der Waals surface area contributed by atoms with Crippen LogP contribution in [0.25, 0.3) is 0 Å². The smallest absolute Gasteiger partial charge is 0.255 e. The molecule has 0 radical (unpaired) electrons. The van der Waals surface area contributed by atoms with E-state index in [9.17, 15) is 22.4 Å². The summed E-state index contributed by atoms with van der Waals surface area (Å²) in [5.41, 5.74) is 1.67. The van der Waals surface area contributed by atoms with Gasteiger partial charge in [-0.25, -0.2) is 17.6 Å². The molecule has 110 valence electrons. The number of halogens is 4. The average molecular weight is 299 g/mol. The minimum absolute atomic E-state index is 0.0254. The lowest BCUT2D eigenvalue weighted by Gasteiger charge is -2.09. The molecule has 2 rings (SSSR count). The molecule has 0 saturated carbocycles. The highest BCUT2D eigenvalue weighted by atomic mass is 19.2. The SMILES string of the molecule is NNc1ccc(C(=O)Nc2c(F)c(F)cc(F)c2F)cc1. The molecular weight excluding hydrogens is 290 g/mol. The molecule has 4 N–H and O–H groups in total. The number of hydrogen-bond donors (Lipinski definition) is 3. The Kier molecular flexibility index (Phi) is 4.08. The van der Waals surface area contributed by atoms with Gasteiger partial charge in [0.05, 0.1) is 0 Å². The number of nitrogens with one attached hydrogen (secondary N) is 2. The molecule has 0 aliphatic rings. The molecule has 8 heteroatoms. The second kappa shape index (κ2) is 5.80. The number of nitrogens with two attached hydrogens (primary N) is 1. The molecule has 0 aliphatic heterocycles. The summed E-state index contributed by atoms with van der Waals surface area (Å²) in [7, 11) is 0. The standard InChI is InChI=1S/C13H9F4N3O/c14-8-5-9(15)11(17)12(10(8)16)19-13(21)6-1-3-7(20-18)4-2-6/h1-5,20H,18H2,(H,19,21). The summed E-state index contributed by atoms with van der Waals surface area (Å²) in [4.78, 5) is 11.8. The fourth-order valence-electron chi connectivity index (χ4n) is 1.59. The lowest BCUT2D eigenvalue weighted by Crippen LogP contribution is -2.16. The van der Waals surface area contributed by atoms with Gasteiger partial charge >= 0.3 is 0 Å². The molecule has 0 bridgehead atoms. The Bertz CT molecular complexity index is 663. The number of nitrogen functional groups attached to an aromatic ring is 1. The fraction of sp³-hybridized carbons (Fsp3) is 0. The van der Waals surface area contributed by atoms with Crippen molar-refractivity contribution in [1.29, 1.82) is 0 Å². The Morgan fingerprint density at radius 3 is 1.95 bits per heavy atom. The first-order valence-electron chi connectivity index (χ1n) is 5.65. The van der Waals surface area contributed by atoms with E-state index in [1.54, 1.807) is 5.32 Å². The van der Waals surface area contributed by atoms with Gasteiger partial charge in [-0.3, -0.25) is 10.6 Å². The maximum absolute atomic E-state index is 13.4. The number of carbonyl (C=O) groups excluding carboxylic acids is 1. The fourth-order valence-corrected chi connectivity index (χ4v) is 1.59. The molecule has 0 saturated heterocycles. The van der Waals surface area contributed by atoms with Crippen LogP contribution in [-0.2, 0) is 0 Å². The van der Waals surface area contributed by atoms with Gasteiger partial charge in [-0.1, -0.05) is 0 Å². The molecule has 21 heavy (non-hydrogen) atoms. The van der Waals surface area contributed by atoms with E-state index >= 15 is 0 Å². The summed E-state index contributed by atoms with van der Waals surface area (Å²) in [5, 5.41) is 1.79. The Hall–Kier alpha value is -2.61. The van der Waals surface area contributed by atoms with Crippen LogP contribution in [-0.4, -0.2) is 5.91 Å². The molecule has 0 aromatic heterocycles. The van der Waals surface area contributed by atoms with Gasteiger partial charge in [0.2, 0.25) is 0 Å². The van der Waals surface area contributed by atoms with Crippen molar-refractivity contribution in [3.05, 3.63) is 59.2 Å². The normalized spacial score (nSPS) is 10.3. The number of hydrogen-bond acceptors (Lipinski definition) is 3. The van der Waals surface area contributed by atoms with Gasteiger partial charge in [-0.2, -0.15) is 0 Å². The second-order valence-corrected chi connectivity index (χ2v) is 4.02. The van der Waals surface area contributed by atoms with Crippen molar-refractivity contribution in [2.24, 2.45) is 5.84 Å². The van der Waals surface area contributed by atoms with Crippen LogP contribution in [0.4, 0.5) is 28.9 Å². The summed E-state index contributed by atoms with van der Waals surface area (Å²) in [6.45, 7) is 0. The van der Waals surface area contributed by atoms with E-state index in [-0.39, 0.29) is 11.6 Å². The van der Waals surface area contributed by atoms with E-state index in [1.165, 1.54) is 24.3 Å². The Labute approximate surface area is 116 Å². The topological polar surface area (TPSA) is 67.1 Å². The molecule has 2 aromatic rings. The summed E-state index contributed by atoms with van der Waals surface area (Å²) in [6, 6.07) is 5.57. The van der Waals surface area contributed by atoms with Gasteiger partial charge in [0, 0.05) is 17.3 Å². The first kappa shape index (κ1) is 14.8. The summed E-state index contributed by atoms with van der Waals surface area (Å²) in [5.74, 6) is -2.36. The maximum atomic E-state index is 13.4. The molecule has 0 heterocycles. The molecule has 4 nitrogen and oxygen atoms in total. The van der Waals surface area contributed by atoms with Gasteiger partial charge in [0.15, 0.2) is 23.3 Å². The lowest BCUT2D eigenvalue weighted by molar-refractivity contribution is 0.102.